The Bertz CT molecular complexity index is 302. The van der Waals surface area contributed by atoms with Crippen molar-refractivity contribution in [2.24, 2.45) is 0 Å². The minimum atomic E-state index is -0.638. The van der Waals surface area contributed by atoms with E-state index in [1.165, 1.54) is 7.11 Å². The van der Waals surface area contributed by atoms with Crippen LogP contribution in [0, 0.1) is 0 Å². The summed E-state index contributed by atoms with van der Waals surface area (Å²) in [6.45, 7) is 2.13. The van der Waals surface area contributed by atoms with E-state index in [1.807, 2.05) is 6.08 Å². The van der Waals surface area contributed by atoms with Gasteiger partial charge < -0.3 is 14.9 Å². The van der Waals surface area contributed by atoms with Gasteiger partial charge in [-0.15, -0.1) is 0 Å². The minimum absolute atomic E-state index is 0.122. The van der Waals surface area contributed by atoms with E-state index < -0.39 is 12.2 Å². The average Bonchev–Trinajstić information content (AvgIpc) is 2.56. The summed E-state index contributed by atoms with van der Waals surface area (Å²) in [6, 6.07) is 0. The van der Waals surface area contributed by atoms with Crippen molar-refractivity contribution in [3.05, 3.63) is 12.2 Å². The minimum Gasteiger partial charge on any atom is -0.469 e. The molecule has 0 saturated heterocycles. The van der Waals surface area contributed by atoms with Gasteiger partial charge in [0.15, 0.2) is 0 Å². The second-order valence-electron chi connectivity index (χ2n) is 6.22. The monoisotopic (exact) mass is 328 g/mol. The van der Waals surface area contributed by atoms with Crippen molar-refractivity contribution in [2.45, 2.75) is 96.2 Å². The summed E-state index contributed by atoms with van der Waals surface area (Å²) in [5.41, 5.74) is 0. The standard InChI is InChI=1S/C19H36O4/c1-3-4-11-14-17(20)18(21)15-12-9-7-5-6-8-10-13-16-19(22)23-2/h9,12,17-18,20-21H,3-8,10-11,13-16H2,1-2H3/b12-9-. The fraction of sp³-hybridized carbons (Fsp3) is 0.842. The zero-order valence-corrected chi connectivity index (χ0v) is 15.0. The molecule has 0 rings (SSSR count). The van der Waals surface area contributed by atoms with Gasteiger partial charge in [-0.25, -0.2) is 0 Å². The van der Waals surface area contributed by atoms with Crippen molar-refractivity contribution >= 4 is 5.97 Å². The highest BCUT2D eigenvalue weighted by Crippen LogP contribution is 2.11. The number of unbranched alkanes of at least 4 members (excludes halogenated alkanes) is 7. The van der Waals surface area contributed by atoms with Crippen molar-refractivity contribution in [1.82, 2.24) is 0 Å². The molecule has 4 nitrogen and oxygen atoms in total. The van der Waals surface area contributed by atoms with Gasteiger partial charge in [0, 0.05) is 6.42 Å². The van der Waals surface area contributed by atoms with Crippen LogP contribution >= 0.6 is 0 Å². The van der Waals surface area contributed by atoms with Crippen LogP contribution in [0.15, 0.2) is 12.2 Å². The Kier molecular flexibility index (Phi) is 15.4. The zero-order chi connectivity index (χ0) is 17.3. The van der Waals surface area contributed by atoms with E-state index in [0.29, 0.717) is 19.3 Å². The van der Waals surface area contributed by atoms with Gasteiger partial charge in [-0.1, -0.05) is 57.6 Å². The van der Waals surface area contributed by atoms with Crippen LogP contribution in [0.5, 0.6) is 0 Å². The molecule has 136 valence electrons. The number of aliphatic hydroxyl groups is 2. The van der Waals surface area contributed by atoms with Crippen molar-refractivity contribution in [2.75, 3.05) is 7.11 Å². The van der Waals surface area contributed by atoms with E-state index in [4.69, 9.17) is 0 Å². The second-order valence-corrected chi connectivity index (χ2v) is 6.22. The average molecular weight is 328 g/mol. The van der Waals surface area contributed by atoms with Crippen LogP contribution < -0.4 is 0 Å². The summed E-state index contributed by atoms with van der Waals surface area (Å²) < 4.78 is 4.60. The molecule has 0 aliphatic carbocycles. The predicted octanol–water partition coefficient (Wildman–Crippen LogP) is 4.14. The first-order chi connectivity index (χ1) is 11.1. The van der Waals surface area contributed by atoms with Gasteiger partial charge in [0.1, 0.15) is 0 Å². The Morgan fingerprint density at radius 1 is 0.957 bits per heavy atom. The predicted molar refractivity (Wildman–Crippen MR) is 94.2 cm³/mol. The molecule has 0 bridgehead atoms. The van der Waals surface area contributed by atoms with Gasteiger partial charge in [0.25, 0.3) is 0 Å². The van der Waals surface area contributed by atoms with E-state index >= 15 is 0 Å². The van der Waals surface area contributed by atoms with Crippen molar-refractivity contribution in [3.8, 4) is 0 Å². The fourth-order valence-corrected chi connectivity index (χ4v) is 2.47. The van der Waals surface area contributed by atoms with E-state index in [2.05, 4.69) is 17.7 Å². The number of carbonyl (C=O) groups excluding carboxylic acids is 1. The molecular weight excluding hydrogens is 292 g/mol. The molecule has 0 radical (unpaired) electrons. The zero-order valence-electron chi connectivity index (χ0n) is 15.0. The molecule has 2 unspecified atom stereocenters. The molecule has 2 atom stereocenters. The molecule has 0 aliphatic rings. The summed E-state index contributed by atoms with van der Waals surface area (Å²) >= 11 is 0. The number of esters is 1. The topological polar surface area (TPSA) is 66.8 Å². The lowest BCUT2D eigenvalue weighted by Crippen LogP contribution is -2.25. The number of allylic oxidation sites excluding steroid dienone is 1. The van der Waals surface area contributed by atoms with Crippen LogP contribution in [-0.2, 0) is 9.53 Å². The third-order valence-electron chi connectivity index (χ3n) is 4.07. The van der Waals surface area contributed by atoms with Gasteiger partial charge in [0.05, 0.1) is 19.3 Å². The molecule has 0 aromatic carbocycles. The highest BCUT2D eigenvalue weighted by molar-refractivity contribution is 5.68. The van der Waals surface area contributed by atoms with Crippen LogP contribution in [0.4, 0.5) is 0 Å². The lowest BCUT2D eigenvalue weighted by molar-refractivity contribution is -0.140. The Labute approximate surface area is 141 Å². The lowest BCUT2D eigenvalue weighted by Gasteiger charge is -2.15. The van der Waals surface area contributed by atoms with Crippen LogP contribution in [-0.4, -0.2) is 35.5 Å². The van der Waals surface area contributed by atoms with Crippen LogP contribution in [0.25, 0.3) is 0 Å². The lowest BCUT2D eigenvalue weighted by atomic mass is 10.0. The number of hydrogen-bond donors (Lipinski definition) is 2. The first-order valence-corrected chi connectivity index (χ1v) is 9.19. The van der Waals surface area contributed by atoms with Crippen molar-refractivity contribution < 1.29 is 19.7 Å². The summed E-state index contributed by atoms with van der Waals surface area (Å²) in [5.74, 6) is -0.122. The third-order valence-corrected chi connectivity index (χ3v) is 4.07. The molecule has 0 aliphatic heterocycles. The maximum atomic E-state index is 10.9. The van der Waals surface area contributed by atoms with Gasteiger partial charge >= 0.3 is 5.97 Å². The molecule has 0 aromatic rings. The number of aliphatic hydroxyl groups excluding tert-OH is 2. The number of methoxy groups -OCH3 is 1. The number of carbonyl (C=O) groups is 1. The molecule has 2 N–H and O–H groups in total. The Morgan fingerprint density at radius 3 is 2.35 bits per heavy atom. The largest absolute Gasteiger partial charge is 0.469 e. The Hall–Kier alpha value is -0.870. The smallest absolute Gasteiger partial charge is 0.305 e. The molecule has 23 heavy (non-hydrogen) atoms. The van der Waals surface area contributed by atoms with Crippen molar-refractivity contribution in [3.63, 3.8) is 0 Å². The van der Waals surface area contributed by atoms with E-state index in [0.717, 1.165) is 57.8 Å². The Morgan fingerprint density at radius 2 is 1.65 bits per heavy atom. The molecule has 0 amide bonds. The van der Waals surface area contributed by atoms with Crippen LogP contribution in [0.3, 0.4) is 0 Å². The summed E-state index contributed by atoms with van der Waals surface area (Å²) in [7, 11) is 1.43. The first kappa shape index (κ1) is 22.1. The third kappa shape index (κ3) is 14.5. The number of ether oxygens (including phenoxy) is 1. The summed E-state index contributed by atoms with van der Waals surface area (Å²) in [6.07, 6.45) is 14.2. The molecule has 0 aromatic heterocycles. The van der Waals surface area contributed by atoms with Gasteiger partial charge in [-0.3, -0.25) is 4.79 Å². The summed E-state index contributed by atoms with van der Waals surface area (Å²) in [4.78, 5) is 10.9. The fourth-order valence-electron chi connectivity index (χ4n) is 2.47. The molecule has 0 saturated carbocycles. The summed E-state index contributed by atoms with van der Waals surface area (Å²) in [5, 5.41) is 19.7. The van der Waals surface area contributed by atoms with Crippen LogP contribution in [0.2, 0.25) is 0 Å². The highest BCUT2D eigenvalue weighted by atomic mass is 16.5. The second kappa shape index (κ2) is 16.0. The normalized spacial score (nSPS) is 14.1. The molecular formula is C19H36O4. The molecule has 0 spiro atoms. The van der Waals surface area contributed by atoms with E-state index in [9.17, 15) is 15.0 Å². The maximum Gasteiger partial charge on any atom is 0.305 e. The Balaban J connectivity index is 3.44. The van der Waals surface area contributed by atoms with Gasteiger partial charge in [-0.05, 0) is 32.1 Å². The van der Waals surface area contributed by atoms with Gasteiger partial charge in [-0.2, -0.15) is 0 Å². The van der Waals surface area contributed by atoms with E-state index in [-0.39, 0.29) is 5.97 Å². The SMILES string of the molecule is CCCCCC(O)C(O)C/C=C\CCCCCCCC(=O)OC. The maximum absolute atomic E-state index is 10.9. The van der Waals surface area contributed by atoms with E-state index in [1.54, 1.807) is 0 Å². The van der Waals surface area contributed by atoms with Crippen molar-refractivity contribution in [1.29, 1.82) is 0 Å². The quantitative estimate of drug-likeness (QED) is 0.269. The number of rotatable bonds is 15. The van der Waals surface area contributed by atoms with Gasteiger partial charge in [0.2, 0.25) is 0 Å². The highest BCUT2D eigenvalue weighted by Gasteiger charge is 2.13. The molecule has 0 heterocycles. The first-order valence-electron chi connectivity index (χ1n) is 9.19. The van der Waals surface area contributed by atoms with Crippen LogP contribution in [0.1, 0.15) is 84.0 Å². The molecule has 0 fully saturated rings. The number of hydrogen-bond acceptors (Lipinski definition) is 4. The molecule has 4 heteroatoms.